The van der Waals surface area contributed by atoms with Gasteiger partial charge in [-0.3, -0.25) is 14.5 Å². The number of pyridine rings is 1. The number of fused-ring (bicyclic) bond motifs is 2. The van der Waals surface area contributed by atoms with Crippen molar-refractivity contribution < 1.29 is 9.32 Å². The summed E-state index contributed by atoms with van der Waals surface area (Å²) in [5.74, 6) is 1.19. The van der Waals surface area contributed by atoms with E-state index < -0.39 is 0 Å². The molecule has 0 radical (unpaired) electrons. The molecule has 1 amide bonds. The molecule has 5 aromatic rings. The summed E-state index contributed by atoms with van der Waals surface area (Å²) in [5, 5.41) is 5.40. The number of carbonyl (C=O) groups excluding carboxylic acids is 1. The molecule has 6 rings (SSSR count). The van der Waals surface area contributed by atoms with E-state index in [4.69, 9.17) is 4.52 Å². The van der Waals surface area contributed by atoms with Crippen LogP contribution in [-0.4, -0.2) is 56.6 Å². The third kappa shape index (κ3) is 4.29. The topological polar surface area (TPSA) is 84.5 Å². The van der Waals surface area contributed by atoms with E-state index in [0.717, 1.165) is 16.6 Å². The van der Waals surface area contributed by atoms with Gasteiger partial charge in [-0.25, -0.2) is 0 Å². The molecule has 186 valence electrons. The normalized spacial score (nSPS) is 15.3. The van der Waals surface area contributed by atoms with E-state index in [1.54, 1.807) is 0 Å². The van der Waals surface area contributed by atoms with Crippen LogP contribution in [0.15, 0.2) is 88.2 Å². The monoisotopic (exact) mass is 493 g/mol. The third-order valence-corrected chi connectivity index (χ3v) is 7.22. The van der Waals surface area contributed by atoms with Crippen molar-refractivity contribution in [3.05, 3.63) is 95.0 Å². The molecule has 1 fully saturated rings. The van der Waals surface area contributed by atoms with E-state index in [0.29, 0.717) is 48.7 Å². The number of aromatic nitrogens is 3. The minimum atomic E-state index is -0.0472. The lowest BCUT2D eigenvalue weighted by atomic mass is 10.1. The SMILES string of the molecule is CC(c1nc(-c2ccccc2)no1)N1CCN(C(=O)Cn2c3ccccc3c(=O)c3ccccc32)CC1. The summed E-state index contributed by atoms with van der Waals surface area (Å²) < 4.78 is 7.53. The highest BCUT2D eigenvalue weighted by Crippen LogP contribution is 2.24. The summed E-state index contributed by atoms with van der Waals surface area (Å²) in [7, 11) is 0. The lowest BCUT2D eigenvalue weighted by molar-refractivity contribution is -0.133. The Morgan fingerprint density at radius 1 is 0.865 bits per heavy atom. The smallest absolute Gasteiger partial charge is 0.244 e. The first-order chi connectivity index (χ1) is 18.1. The maximum absolute atomic E-state index is 13.4. The van der Waals surface area contributed by atoms with Gasteiger partial charge in [0.2, 0.25) is 17.6 Å². The molecule has 0 bridgehead atoms. The quantitative estimate of drug-likeness (QED) is 0.343. The van der Waals surface area contributed by atoms with E-state index in [1.807, 2.05) is 88.3 Å². The zero-order valence-electron chi connectivity index (χ0n) is 20.6. The molecule has 8 nitrogen and oxygen atoms in total. The third-order valence-electron chi connectivity index (χ3n) is 7.22. The number of benzene rings is 3. The van der Waals surface area contributed by atoms with Crippen LogP contribution in [0.4, 0.5) is 0 Å². The molecule has 0 N–H and O–H groups in total. The Morgan fingerprint density at radius 2 is 1.46 bits per heavy atom. The molecule has 0 saturated carbocycles. The molecule has 1 atom stereocenters. The second-order valence-electron chi connectivity index (χ2n) is 9.36. The molecule has 2 aromatic heterocycles. The van der Waals surface area contributed by atoms with E-state index in [2.05, 4.69) is 22.0 Å². The number of rotatable bonds is 5. The first-order valence-electron chi connectivity index (χ1n) is 12.5. The molecule has 8 heteroatoms. The molecule has 0 aliphatic carbocycles. The number of piperazine rings is 1. The Morgan fingerprint density at radius 3 is 2.11 bits per heavy atom. The van der Waals surface area contributed by atoms with Crippen molar-refractivity contribution >= 4 is 27.7 Å². The number of amides is 1. The number of hydrogen-bond donors (Lipinski definition) is 0. The van der Waals surface area contributed by atoms with Gasteiger partial charge in [0.15, 0.2) is 5.43 Å². The number of para-hydroxylation sites is 2. The zero-order chi connectivity index (χ0) is 25.4. The fraction of sp³-hybridized carbons (Fsp3) is 0.241. The number of nitrogens with zero attached hydrogens (tertiary/aromatic N) is 5. The van der Waals surface area contributed by atoms with Gasteiger partial charge in [0.1, 0.15) is 6.54 Å². The second kappa shape index (κ2) is 9.63. The van der Waals surface area contributed by atoms with E-state index in [9.17, 15) is 9.59 Å². The maximum atomic E-state index is 13.4. The van der Waals surface area contributed by atoms with Crippen LogP contribution in [0, 0.1) is 0 Å². The van der Waals surface area contributed by atoms with Gasteiger partial charge >= 0.3 is 0 Å². The van der Waals surface area contributed by atoms with Crippen molar-refractivity contribution in [1.29, 1.82) is 0 Å². The second-order valence-corrected chi connectivity index (χ2v) is 9.36. The van der Waals surface area contributed by atoms with Gasteiger partial charge in [0.05, 0.1) is 17.1 Å². The predicted octanol–water partition coefficient (Wildman–Crippen LogP) is 4.11. The van der Waals surface area contributed by atoms with Gasteiger partial charge in [-0.15, -0.1) is 0 Å². The Kier molecular flexibility index (Phi) is 6.02. The summed E-state index contributed by atoms with van der Waals surface area (Å²) in [4.78, 5) is 35.2. The highest BCUT2D eigenvalue weighted by molar-refractivity contribution is 5.94. The fourth-order valence-electron chi connectivity index (χ4n) is 5.11. The number of hydrogen-bond acceptors (Lipinski definition) is 6. The first-order valence-corrected chi connectivity index (χ1v) is 12.5. The minimum Gasteiger partial charge on any atom is -0.339 e. The summed E-state index contributed by atoms with van der Waals surface area (Å²) in [6.45, 7) is 4.88. The summed E-state index contributed by atoms with van der Waals surface area (Å²) in [6, 6.07) is 24.7. The standard InChI is InChI=1S/C29H27N5O3/c1-20(29-30-28(31-37-29)21-9-3-2-4-10-21)32-15-17-33(18-16-32)26(35)19-34-24-13-7-5-11-22(24)27(36)23-12-6-8-14-25(23)34/h2-14,20H,15-19H2,1H3. The highest BCUT2D eigenvalue weighted by Gasteiger charge is 2.28. The highest BCUT2D eigenvalue weighted by atomic mass is 16.5. The predicted molar refractivity (Wildman–Crippen MR) is 142 cm³/mol. The maximum Gasteiger partial charge on any atom is 0.244 e. The van der Waals surface area contributed by atoms with Crippen LogP contribution in [0.5, 0.6) is 0 Å². The van der Waals surface area contributed by atoms with Gasteiger partial charge in [-0.1, -0.05) is 59.8 Å². The van der Waals surface area contributed by atoms with Crippen LogP contribution in [0.3, 0.4) is 0 Å². The molecular weight excluding hydrogens is 466 g/mol. The summed E-state index contributed by atoms with van der Waals surface area (Å²) in [5.41, 5.74) is 2.46. The Hall–Kier alpha value is -4.30. The van der Waals surface area contributed by atoms with Crippen LogP contribution >= 0.6 is 0 Å². The van der Waals surface area contributed by atoms with Crippen molar-refractivity contribution in [3.8, 4) is 11.4 Å². The van der Waals surface area contributed by atoms with Crippen LogP contribution in [0.1, 0.15) is 18.9 Å². The van der Waals surface area contributed by atoms with Crippen LogP contribution in [0.2, 0.25) is 0 Å². The van der Waals surface area contributed by atoms with Crippen LogP contribution in [-0.2, 0) is 11.3 Å². The lowest BCUT2D eigenvalue weighted by Crippen LogP contribution is -2.50. The number of carbonyl (C=O) groups is 1. The molecular formula is C29H27N5O3. The molecule has 1 saturated heterocycles. The molecule has 1 unspecified atom stereocenters. The van der Waals surface area contributed by atoms with E-state index >= 15 is 0 Å². The van der Waals surface area contributed by atoms with Gasteiger partial charge in [-0.2, -0.15) is 4.98 Å². The van der Waals surface area contributed by atoms with Crippen LogP contribution in [0.25, 0.3) is 33.2 Å². The van der Waals surface area contributed by atoms with Crippen LogP contribution < -0.4 is 5.43 Å². The first kappa shape index (κ1) is 23.1. The van der Waals surface area contributed by atoms with Gasteiger partial charge < -0.3 is 14.0 Å². The van der Waals surface area contributed by atoms with Crippen molar-refractivity contribution in [2.24, 2.45) is 0 Å². The summed E-state index contributed by atoms with van der Waals surface area (Å²) in [6.07, 6.45) is 0. The van der Waals surface area contributed by atoms with Crippen molar-refractivity contribution in [2.75, 3.05) is 26.2 Å². The fourth-order valence-corrected chi connectivity index (χ4v) is 5.11. The molecule has 3 aromatic carbocycles. The minimum absolute atomic E-state index is 0.00560. The van der Waals surface area contributed by atoms with Gasteiger partial charge in [0, 0.05) is 42.5 Å². The van der Waals surface area contributed by atoms with Gasteiger partial charge in [-0.05, 0) is 31.2 Å². The van der Waals surface area contributed by atoms with Crippen molar-refractivity contribution in [2.45, 2.75) is 19.5 Å². The van der Waals surface area contributed by atoms with E-state index in [-0.39, 0.29) is 23.9 Å². The Labute approximate surface area is 213 Å². The molecule has 0 spiro atoms. The largest absolute Gasteiger partial charge is 0.339 e. The molecule has 1 aliphatic heterocycles. The average Bonchev–Trinajstić information content (AvgIpc) is 3.46. The molecule has 37 heavy (non-hydrogen) atoms. The zero-order valence-corrected chi connectivity index (χ0v) is 20.6. The molecule has 1 aliphatic rings. The van der Waals surface area contributed by atoms with Gasteiger partial charge in [0.25, 0.3) is 0 Å². The average molecular weight is 494 g/mol. The Bertz CT molecular complexity index is 1570. The van der Waals surface area contributed by atoms with E-state index in [1.165, 1.54) is 0 Å². The Balaban J connectivity index is 1.17. The molecule has 3 heterocycles. The van der Waals surface area contributed by atoms with Crippen molar-refractivity contribution in [3.63, 3.8) is 0 Å². The van der Waals surface area contributed by atoms with Crippen molar-refractivity contribution in [1.82, 2.24) is 24.5 Å². The summed E-state index contributed by atoms with van der Waals surface area (Å²) >= 11 is 0. The lowest BCUT2D eigenvalue weighted by Gasteiger charge is -2.37.